The Morgan fingerprint density at radius 2 is 1.18 bits per heavy atom. The van der Waals surface area contributed by atoms with Crippen molar-refractivity contribution in [3.8, 4) is 33.9 Å². The van der Waals surface area contributed by atoms with Gasteiger partial charge in [0.2, 0.25) is 11.9 Å². The van der Waals surface area contributed by atoms with Gasteiger partial charge in [-0.15, -0.1) is 24.3 Å². The summed E-state index contributed by atoms with van der Waals surface area (Å²) in [6, 6.07) is 71.3. The minimum absolute atomic E-state index is 0. The Kier molecular flexibility index (Phi) is 13.6. The summed E-state index contributed by atoms with van der Waals surface area (Å²) in [5.74, 6) is 3.61. The van der Waals surface area contributed by atoms with E-state index in [0.717, 1.165) is 84.1 Å². The summed E-state index contributed by atoms with van der Waals surface area (Å²) in [7, 11) is 4.53. The van der Waals surface area contributed by atoms with Gasteiger partial charge in [-0.2, -0.15) is 34.2 Å². The number of nitrogens with zero attached hydrogens (tertiary/aromatic N) is 8. The topological polar surface area (TPSA) is 81.7 Å². The molecule has 0 aliphatic carbocycles. The van der Waals surface area contributed by atoms with Gasteiger partial charge in [-0.25, -0.2) is 14.5 Å². The number of rotatable bonds is 7. The fraction of sp³-hybridized carbons (Fsp3) is 0.182. The second-order valence-electron chi connectivity index (χ2n) is 22.1. The van der Waals surface area contributed by atoms with Gasteiger partial charge in [0.1, 0.15) is 28.4 Å². The summed E-state index contributed by atoms with van der Waals surface area (Å²) in [5, 5.41) is 2.17. The molecule has 0 N–H and O–H groups in total. The van der Waals surface area contributed by atoms with Gasteiger partial charge in [0.25, 0.3) is 0 Å². The number of aromatic nitrogens is 7. The van der Waals surface area contributed by atoms with Gasteiger partial charge in [-0.05, 0) is 77.7 Å². The normalized spacial score (nSPS) is 12.0. The van der Waals surface area contributed by atoms with Gasteiger partial charge in [0, 0.05) is 27.5 Å². The van der Waals surface area contributed by atoms with Gasteiger partial charge in [-0.3, -0.25) is 9.47 Å². The Morgan fingerprint density at radius 1 is 0.553 bits per heavy atom. The molecule has 0 saturated carbocycles. The Hall–Kier alpha value is -8.17. The van der Waals surface area contributed by atoms with E-state index in [-0.39, 0.29) is 36.4 Å². The van der Waals surface area contributed by atoms with Gasteiger partial charge >= 0.3 is 20.1 Å². The Morgan fingerprint density at radius 3 is 1.87 bits per heavy atom. The van der Waals surface area contributed by atoms with Gasteiger partial charge in [0.05, 0.1) is 22.1 Å². The van der Waals surface area contributed by atoms with Crippen molar-refractivity contribution in [1.82, 2.24) is 29.1 Å². The molecule has 10 heteroatoms. The van der Waals surface area contributed by atoms with Crippen LogP contribution in [0.15, 0.2) is 192 Å². The van der Waals surface area contributed by atoms with E-state index in [1.807, 2.05) is 88.3 Å². The van der Waals surface area contributed by atoms with Crippen molar-refractivity contribution < 1.29 is 29.1 Å². The molecule has 0 radical (unpaired) electrons. The molecule has 0 aliphatic rings. The van der Waals surface area contributed by atoms with Crippen LogP contribution < -0.4 is 9.47 Å². The predicted octanol–water partition coefficient (Wildman–Crippen LogP) is 16.0. The number of para-hydroxylation sites is 7. The molecule has 0 saturated heterocycles. The fourth-order valence-electron chi connectivity index (χ4n) is 9.58. The monoisotopic (exact) mass is 1170 g/mol. The fourth-order valence-corrected chi connectivity index (χ4v) is 9.58. The Bertz CT molecular complexity index is 3990. The molecule has 378 valence electrons. The Balaban J connectivity index is 0.000000171. The van der Waals surface area contributed by atoms with E-state index in [0.29, 0.717) is 11.9 Å². The third kappa shape index (κ3) is 9.59. The van der Waals surface area contributed by atoms with Crippen LogP contribution in [0.5, 0.6) is 0 Å². The van der Waals surface area contributed by atoms with E-state index >= 15 is 0 Å². The first-order chi connectivity index (χ1) is 36.0. The maximum absolute atomic E-state index is 6.47. The zero-order chi connectivity index (χ0) is 52.2. The molecule has 9 nitrogen and oxygen atoms in total. The predicted molar refractivity (Wildman–Crippen MR) is 305 cm³/mol. The summed E-state index contributed by atoms with van der Waals surface area (Å²) < 4.78 is 12.9. The molecular weight excluding hydrogens is 1110 g/mol. The number of anilines is 3. The molecule has 0 spiro atoms. The Labute approximate surface area is 458 Å². The average Bonchev–Trinajstić information content (AvgIpc) is 4.11. The summed E-state index contributed by atoms with van der Waals surface area (Å²) >= 11 is 0. The summed E-state index contributed by atoms with van der Waals surface area (Å²) in [6.07, 6.45) is 0. The zero-order valence-electron chi connectivity index (χ0n) is 44.4. The number of benzene rings is 8. The molecule has 0 fully saturated rings. The first-order valence-electron chi connectivity index (χ1n) is 25.5. The van der Waals surface area contributed by atoms with E-state index in [9.17, 15) is 0 Å². The minimum Gasteiger partial charge on any atom is -0.500 e. The van der Waals surface area contributed by atoms with Crippen LogP contribution in [-0.4, -0.2) is 29.1 Å². The second kappa shape index (κ2) is 20.2. The molecule has 0 bridgehead atoms. The number of hydrogen-bond acceptors (Lipinski definition) is 6. The smallest absolute Gasteiger partial charge is 0.500 e. The van der Waals surface area contributed by atoms with Crippen molar-refractivity contribution in [2.24, 2.45) is 0 Å². The van der Waals surface area contributed by atoms with Crippen molar-refractivity contribution in [2.75, 3.05) is 4.90 Å². The minimum atomic E-state index is -0.261. The van der Waals surface area contributed by atoms with Crippen LogP contribution >= 0.6 is 0 Å². The largest absolute Gasteiger partial charge is 3.00 e. The van der Waals surface area contributed by atoms with Crippen LogP contribution in [0.4, 0.5) is 17.6 Å². The van der Waals surface area contributed by atoms with E-state index in [1.165, 1.54) is 16.7 Å². The second-order valence-corrected chi connectivity index (χ2v) is 22.1. The molecule has 0 aliphatic heterocycles. The quantitative estimate of drug-likeness (QED) is 0.117. The van der Waals surface area contributed by atoms with E-state index in [2.05, 4.69) is 200 Å². The van der Waals surface area contributed by atoms with Crippen LogP contribution in [0.3, 0.4) is 0 Å². The van der Waals surface area contributed by atoms with Crippen molar-refractivity contribution in [3.63, 3.8) is 0 Å². The molecule has 76 heavy (non-hydrogen) atoms. The van der Waals surface area contributed by atoms with Crippen LogP contribution in [0.1, 0.15) is 79.5 Å². The molecule has 12 aromatic rings. The van der Waals surface area contributed by atoms with Gasteiger partial charge in [0.15, 0.2) is 5.82 Å². The van der Waals surface area contributed by atoms with Crippen LogP contribution in [-0.2, 0) is 36.4 Å². The van der Waals surface area contributed by atoms with E-state index in [1.54, 1.807) is 0 Å². The van der Waals surface area contributed by atoms with Crippen LogP contribution in [0, 0.1) is 19.2 Å². The van der Waals surface area contributed by atoms with Crippen molar-refractivity contribution in [1.29, 1.82) is 0 Å². The summed E-state index contributed by atoms with van der Waals surface area (Å²) in [6.45, 7) is 19.5. The molecule has 0 amide bonds. The number of fused-ring (bicyclic) bond motifs is 5. The summed E-state index contributed by atoms with van der Waals surface area (Å²) in [4.78, 5) is 22.0. The molecule has 4 aromatic heterocycles. The molecule has 0 atom stereocenters. The number of hydrogen-bond donors (Lipinski definition) is 0. The molecule has 8 aromatic carbocycles. The van der Waals surface area contributed by atoms with Crippen LogP contribution in [0.25, 0.3) is 77.9 Å². The molecular formula is C66H60IrN8O+. The molecule has 0 unspecified atom stereocenters. The standard InChI is InChI=1S/C36H29N2O.C30H31N6.Ir/c1-36(2,3)25-21-22-30(29(23-25)24-13-6-5-7-14-24)38-32-19-10-9-18-31(32)37(4)35(38)28-17-12-16-27-26-15-8-11-20-33(26)39-34(27)28;1-29(2,3)25-32-26(30(4,5)6)34-27(33-25)36(22-17-11-8-12-18-22)28-31-23-19-13-14-20-24(23)35(28)21-15-9-7-10-16-21;/h5-16,18-23H,4H2,1-3H3;7-17,19-20H,1-6H3;/q2*-1;+3. The molecule has 4 heterocycles. The summed E-state index contributed by atoms with van der Waals surface area (Å²) in [5.41, 5.74) is 12.6. The van der Waals surface area contributed by atoms with Crippen molar-refractivity contribution in [2.45, 2.75) is 78.6 Å². The van der Waals surface area contributed by atoms with Gasteiger partial charge < -0.3 is 8.98 Å². The first-order valence-corrected chi connectivity index (χ1v) is 25.5. The number of furan rings is 1. The third-order valence-electron chi connectivity index (χ3n) is 13.5. The third-order valence-corrected chi connectivity index (χ3v) is 13.5. The maximum Gasteiger partial charge on any atom is 3.00 e. The first kappa shape index (κ1) is 51.3. The average molecular weight is 1170 g/mol. The number of imidazole rings is 2. The zero-order valence-corrected chi connectivity index (χ0v) is 46.8. The van der Waals surface area contributed by atoms with Gasteiger partial charge in [-0.1, -0.05) is 177 Å². The van der Waals surface area contributed by atoms with Crippen LogP contribution in [0.2, 0.25) is 0 Å². The van der Waals surface area contributed by atoms with Crippen molar-refractivity contribution in [3.05, 3.63) is 224 Å². The maximum atomic E-state index is 6.47. The SMILES string of the molecule is CC(C)(C)c1nc(N(c2[c-]cccc2)c2nc3ccccc3n2-c2ccccc2)nc(C(C)(C)C)n1.[CH2-][n+]1c(-c2[c-]ccc3c2oc2ccccc23)n(-c2ccc(C(C)(C)C)cc2-c2ccccc2)c2ccccc21.[Ir+3]. The van der Waals surface area contributed by atoms with E-state index in [4.69, 9.17) is 24.4 Å². The van der Waals surface area contributed by atoms with E-state index < -0.39 is 0 Å². The van der Waals surface area contributed by atoms with Crippen molar-refractivity contribution >= 4 is 61.6 Å². The molecule has 12 rings (SSSR count).